The first-order valence-corrected chi connectivity index (χ1v) is 9.73. The second-order valence-corrected chi connectivity index (χ2v) is 7.39. The van der Waals surface area contributed by atoms with Crippen molar-refractivity contribution in [2.24, 2.45) is 0 Å². The number of nitrogens with zero attached hydrogens (tertiary/aromatic N) is 2. The number of hydrogen-bond donors (Lipinski definition) is 1. The molecule has 6 nitrogen and oxygen atoms in total. The molecule has 2 amide bonds. The monoisotopic (exact) mass is 363 g/mol. The van der Waals surface area contributed by atoms with Crippen molar-refractivity contribution in [1.82, 2.24) is 15.1 Å². The first-order chi connectivity index (χ1) is 12.2. The van der Waals surface area contributed by atoms with Crippen LogP contribution in [0, 0.1) is 0 Å². The van der Waals surface area contributed by atoms with Gasteiger partial charge in [0.05, 0.1) is 13.2 Å². The zero-order valence-electron chi connectivity index (χ0n) is 14.6. The van der Waals surface area contributed by atoms with E-state index in [1.807, 2.05) is 18.2 Å². The fraction of sp³-hybridized carbons (Fsp3) is 0.556. The second-order valence-electron chi connectivity index (χ2n) is 6.34. The Morgan fingerprint density at radius 2 is 2.04 bits per heavy atom. The van der Waals surface area contributed by atoms with Crippen LogP contribution in [0.4, 0.5) is 4.79 Å². The highest BCUT2D eigenvalue weighted by Gasteiger charge is 2.27. The van der Waals surface area contributed by atoms with E-state index < -0.39 is 0 Å². The summed E-state index contributed by atoms with van der Waals surface area (Å²) in [7, 11) is 1.68. The highest BCUT2D eigenvalue weighted by atomic mass is 32.2. The second kappa shape index (κ2) is 8.58. The minimum atomic E-state index is -0.102. The van der Waals surface area contributed by atoms with E-state index in [-0.39, 0.29) is 23.7 Å². The standard InChI is InChI=1S/C18H25N3O3S/c1-24-16-7-3-2-6-14(16)15(20-8-4-5-9-20)12-19-17(22)13-21-10-11-25-18(21)23/h2-3,6-7,15H,4-5,8-13H2,1H3,(H,19,22)/t15-/m0/s1. The quantitative estimate of drug-likeness (QED) is 0.804. The summed E-state index contributed by atoms with van der Waals surface area (Å²) in [6.07, 6.45) is 2.36. The van der Waals surface area contributed by atoms with Gasteiger partial charge in [0.1, 0.15) is 12.3 Å². The highest BCUT2D eigenvalue weighted by molar-refractivity contribution is 8.13. The third kappa shape index (κ3) is 4.46. The lowest BCUT2D eigenvalue weighted by atomic mass is 10.0. The van der Waals surface area contributed by atoms with Crippen LogP contribution in [0.3, 0.4) is 0 Å². The topological polar surface area (TPSA) is 61.9 Å². The van der Waals surface area contributed by atoms with Crippen molar-refractivity contribution in [2.45, 2.75) is 18.9 Å². The van der Waals surface area contributed by atoms with E-state index in [0.717, 1.165) is 30.2 Å². The number of carbonyl (C=O) groups is 2. The van der Waals surface area contributed by atoms with Crippen LogP contribution in [0.5, 0.6) is 5.75 Å². The summed E-state index contributed by atoms with van der Waals surface area (Å²) in [4.78, 5) is 27.9. The molecule has 3 rings (SSSR count). The third-order valence-corrected chi connectivity index (χ3v) is 5.64. The molecule has 2 fully saturated rings. The van der Waals surface area contributed by atoms with Gasteiger partial charge in [0.25, 0.3) is 5.24 Å². The number of thioether (sulfide) groups is 1. The number of rotatable bonds is 7. The maximum Gasteiger partial charge on any atom is 0.282 e. The molecular weight excluding hydrogens is 338 g/mol. The maximum absolute atomic E-state index is 12.3. The van der Waals surface area contributed by atoms with Crippen molar-refractivity contribution >= 4 is 22.9 Å². The number of likely N-dealkylation sites (tertiary alicyclic amines) is 1. The molecule has 0 saturated carbocycles. The molecule has 136 valence electrons. The number of para-hydroxylation sites is 1. The van der Waals surface area contributed by atoms with E-state index in [1.54, 1.807) is 12.0 Å². The Kier molecular flexibility index (Phi) is 6.20. The van der Waals surface area contributed by atoms with E-state index in [9.17, 15) is 9.59 Å². The Bertz CT molecular complexity index is 619. The number of amides is 2. The van der Waals surface area contributed by atoms with Crippen LogP contribution in [0.25, 0.3) is 0 Å². The Morgan fingerprint density at radius 3 is 2.72 bits per heavy atom. The molecule has 0 bridgehead atoms. The van der Waals surface area contributed by atoms with Crippen LogP contribution in [-0.4, -0.2) is 66.5 Å². The van der Waals surface area contributed by atoms with E-state index >= 15 is 0 Å². The van der Waals surface area contributed by atoms with E-state index in [0.29, 0.717) is 13.1 Å². The number of ether oxygens (including phenoxy) is 1. The van der Waals surface area contributed by atoms with Gasteiger partial charge in [-0.25, -0.2) is 0 Å². The van der Waals surface area contributed by atoms with E-state index in [2.05, 4.69) is 16.3 Å². The van der Waals surface area contributed by atoms with Crippen molar-refractivity contribution in [3.63, 3.8) is 0 Å². The molecule has 0 radical (unpaired) electrons. The average Bonchev–Trinajstić information content (AvgIpc) is 3.28. The predicted molar refractivity (Wildman–Crippen MR) is 99.0 cm³/mol. The maximum atomic E-state index is 12.3. The van der Waals surface area contributed by atoms with Gasteiger partial charge in [-0.2, -0.15) is 0 Å². The van der Waals surface area contributed by atoms with Crippen LogP contribution in [0.1, 0.15) is 24.4 Å². The Hall–Kier alpha value is -1.73. The Morgan fingerprint density at radius 1 is 1.28 bits per heavy atom. The summed E-state index contributed by atoms with van der Waals surface area (Å²) in [6, 6.07) is 8.07. The van der Waals surface area contributed by atoms with Crippen molar-refractivity contribution in [3.05, 3.63) is 29.8 Å². The summed E-state index contributed by atoms with van der Waals surface area (Å²) in [5.74, 6) is 1.51. The first-order valence-electron chi connectivity index (χ1n) is 8.74. The normalized spacial score (nSPS) is 19.2. The van der Waals surface area contributed by atoms with Gasteiger partial charge in [-0.1, -0.05) is 30.0 Å². The average molecular weight is 363 g/mol. The molecule has 2 saturated heterocycles. The SMILES string of the molecule is COc1ccccc1[C@H](CNC(=O)CN1CCSC1=O)N1CCCC1. The Balaban J connectivity index is 1.65. The molecule has 1 atom stereocenters. The lowest BCUT2D eigenvalue weighted by molar-refractivity contribution is -0.121. The van der Waals surface area contributed by atoms with Gasteiger partial charge >= 0.3 is 0 Å². The van der Waals surface area contributed by atoms with Crippen molar-refractivity contribution in [1.29, 1.82) is 0 Å². The summed E-state index contributed by atoms with van der Waals surface area (Å²) in [5, 5.41) is 3.01. The lowest BCUT2D eigenvalue weighted by Crippen LogP contribution is -2.41. The number of benzene rings is 1. The largest absolute Gasteiger partial charge is 0.496 e. The smallest absolute Gasteiger partial charge is 0.282 e. The van der Waals surface area contributed by atoms with Gasteiger partial charge in [0.2, 0.25) is 5.91 Å². The molecule has 2 aliphatic rings. The molecular formula is C18H25N3O3S. The number of hydrogen-bond acceptors (Lipinski definition) is 5. The number of methoxy groups -OCH3 is 1. The van der Waals surface area contributed by atoms with Gasteiger partial charge < -0.3 is 15.0 Å². The fourth-order valence-electron chi connectivity index (χ4n) is 3.44. The van der Waals surface area contributed by atoms with Crippen LogP contribution >= 0.6 is 11.8 Å². The zero-order chi connectivity index (χ0) is 17.6. The summed E-state index contributed by atoms with van der Waals surface area (Å²) >= 11 is 1.28. The fourth-order valence-corrected chi connectivity index (χ4v) is 4.26. The molecule has 0 unspecified atom stereocenters. The van der Waals surface area contributed by atoms with Gasteiger partial charge in [-0.15, -0.1) is 0 Å². The Labute approximate surface area is 152 Å². The predicted octanol–water partition coefficient (Wildman–Crippen LogP) is 2.12. The van der Waals surface area contributed by atoms with Gasteiger partial charge in [-0.05, 0) is 32.0 Å². The van der Waals surface area contributed by atoms with Gasteiger partial charge in [0.15, 0.2) is 0 Å². The third-order valence-electron chi connectivity index (χ3n) is 4.75. The lowest BCUT2D eigenvalue weighted by Gasteiger charge is -2.29. The van der Waals surface area contributed by atoms with Crippen LogP contribution < -0.4 is 10.1 Å². The molecule has 0 spiro atoms. The highest BCUT2D eigenvalue weighted by Crippen LogP contribution is 2.31. The minimum Gasteiger partial charge on any atom is -0.496 e. The van der Waals surface area contributed by atoms with E-state index in [4.69, 9.17) is 4.74 Å². The van der Waals surface area contributed by atoms with Crippen molar-refractivity contribution in [2.75, 3.05) is 45.6 Å². The minimum absolute atomic E-state index is 0.00373. The van der Waals surface area contributed by atoms with Crippen LogP contribution in [0.2, 0.25) is 0 Å². The number of carbonyl (C=O) groups excluding carboxylic acids is 2. The van der Waals surface area contributed by atoms with Gasteiger partial charge in [-0.3, -0.25) is 14.5 Å². The molecule has 2 heterocycles. The summed E-state index contributed by atoms with van der Waals surface area (Å²) in [6.45, 7) is 3.37. The molecule has 0 aliphatic carbocycles. The molecule has 0 aromatic heterocycles. The molecule has 25 heavy (non-hydrogen) atoms. The molecule has 1 aromatic carbocycles. The van der Waals surface area contributed by atoms with E-state index in [1.165, 1.54) is 24.6 Å². The molecule has 1 N–H and O–H groups in total. The molecule has 2 aliphatic heterocycles. The molecule has 7 heteroatoms. The van der Waals surface area contributed by atoms with Gasteiger partial charge in [0, 0.05) is 24.4 Å². The summed E-state index contributed by atoms with van der Waals surface area (Å²) < 4.78 is 5.52. The zero-order valence-corrected chi connectivity index (χ0v) is 15.4. The van der Waals surface area contributed by atoms with Crippen molar-refractivity contribution in [3.8, 4) is 5.75 Å². The van der Waals surface area contributed by atoms with Crippen molar-refractivity contribution < 1.29 is 14.3 Å². The van der Waals surface area contributed by atoms with Crippen LogP contribution in [0.15, 0.2) is 24.3 Å². The first kappa shape index (κ1) is 18.1. The molecule has 1 aromatic rings. The van der Waals surface area contributed by atoms with Crippen LogP contribution in [-0.2, 0) is 4.79 Å². The number of nitrogens with one attached hydrogen (secondary N) is 1. The summed E-state index contributed by atoms with van der Waals surface area (Å²) in [5.41, 5.74) is 1.10.